The first-order valence-corrected chi connectivity index (χ1v) is 8.47. The molecular formula is C20H18FNO4. The summed E-state index contributed by atoms with van der Waals surface area (Å²) in [6.07, 6.45) is 1.03. The predicted octanol–water partition coefficient (Wildman–Crippen LogP) is 3.82. The third-order valence-electron chi connectivity index (χ3n) is 4.57. The van der Waals surface area contributed by atoms with Gasteiger partial charge in [0.2, 0.25) is 0 Å². The van der Waals surface area contributed by atoms with E-state index in [1.165, 1.54) is 6.07 Å². The molecule has 1 aliphatic heterocycles. The van der Waals surface area contributed by atoms with E-state index in [1.807, 2.05) is 24.3 Å². The molecule has 0 spiro atoms. The summed E-state index contributed by atoms with van der Waals surface area (Å²) in [5.41, 5.74) is 1.95. The van der Waals surface area contributed by atoms with E-state index in [-0.39, 0.29) is 11.1 Å². The van der Waals surface area contributed by atoms with E-state index in [0.717, 1.165) is 43.4 Å². The van der Waals surface area contributed by atoms with Gasteiger partial charge in [-0.3, -0.25) is 0 Å². The Kier molecular flexibility index (Phi) is 4.44. The smallest absolute Gasteiger partial charge is 0.339 e. The lowest BCUT2D eigenvalue weighted by Gasteiger charge is -2.10. The molecule has 134 valence electrons. The van der Waals surface area contributed by atoms with Crippen LogP contribution in [-0.4, -0.2) is 30.3 Å². The van der Waals surface area contributed by atoms with Crippen LogP contribution in [0.2, 0.25) is 0 Å². The fraction of sp³-hybridized carbons (Fsp3) is 0.250. The molecule has 0 aliphatic carbocycles. The summed E-state index contributed by atoms with van der Waals surface area (Å²) in [6.45, 7) is 2.31. The Morgan fingerprint density at radius 1 is 1.23 bits per heavy atom. The van der Waals surface area contributed by atoms with Crippen molar-refractivity contribution in [2.45, 2.75) is 19.0 Å². The van der Waals surface area contributed by atoms with Crippen LogP contribution in [0.5, 0.6) is 0 Å². The molecule has 2 heterocycles. The highest BCUT2D eigenvalue weighted by molar-refractivity contribution is 6.02. The first-order chi connectivity index (χ1) is 12.6. The van der Waals surface area contributed by atoms with Crippen LogP contribution in [-0.2, 0) is 11.3 Å². The molecule has 2 N–H and O–H groups in total. The number of aromatic carboxylic acids is 1. The van der Waals surface area contributed by atoms with Gasteiger partial charge in [-0.2, -0.15) is 0 Å². The van der Waals surface area contributed by atoms with Crippen molar-refractivity contribution in [1.29, 1.82) is 0 Å². The first-order valence-electron chi connectivity index (χ1n) is 8.47. The monoisotopic (exact) mass is 355 g/mol. The molecule has 2 aromatic carbocycles. The molecule has 1 aromatic heterocycles. The van der Waals surface area contributed by atoms with Gasteiger partial charge in [0.1, 0.15) is 22.7 Å². The SMILES string of the molecule is O=C(O)c1cc(F)cc2cc(-c3ccc(CNC4CCOC4)cc3)oc12. The Hall–Kier alpha value is -2.70. The van der Waals surface area contributed by atoms with Crippen LogP contribution in [0.3, 0.4) is 0 Å². The highest BCUT2D eigenvalue weighted by Gasteiger charge is 2.17. The van der Waals surface area contributed by atoms with E-state index in [1.54, 1.807) is 6.07 Å². The second-order valence-electron chi connectivity index (χ2n) is 6.43. The van der Waals surface area contributed by atoms with Gasteiger partial charge in [-0.1, -0.05) is 24.3 Å². The molecule has 1 fully saturated rings. The van der Waals surface area contributed by atoms with Gasteiger partial charge in [-0.05, 0) is 30.2 Å². The van der Waals surface area contributed by atoms with Crippen LogP contribution in [0.15, 0.2) is 46.9 Å². The van der Waals surface area contributed by atoms with Gasteiger partial charge in [-0.25, -0.2) is 9.18 Å². The number of benzene rings is 2. The Labute approximate surface area is 149 Å². The summed E-state index contributed by atoms with van der Waals surface area (Å²) in [7, 11) is 0. The zero-order valence-corrected chi connectivity index (χ0v) is 14.0. The first kappa shape index (κ1) is 16.8. The number of rotatable bonds is 5. The van der Waals surface area contributed by atoms with E-state index in [2.05, 4.69) is 5.32 Å². The lowest BCUT2D eigenvalue weighted by Crippen LogP contribution is -2.28. The number of hydrogen-bond donors (Lipinski definition) is 2. The topological polar surface area (TPSA) is 71.7 Å². The van der Waals surface area contributed by atoms with Crippen LogP contribution in [0.1, 0.15) is 22.3 Å². The van der Waals surface area contributed by atoms with Crippen LogP contribution in [0.4, 0.5) is 4.39 Å². The minimum Gasteiger partial charge on any atom is -0.478 e. The van der Waals surface area contributed by atoms with Crippen molar-refractivity contribution >= 4 is 16.9 Å². The van der Waals surface area contributed by atoms with Crippen LogP contribution in [0, 0.1) is 5.82 Å². The molecule has 1 saturated heterocycles. The Bertz CT molecular complexity index is 942. The molecule has 0 amide bonds. The quantitative estimate of drug-likeness (QED) is 0.728. The third kappa shape index (κ3) is 3.34. The van der Waals surface area contributed by atoms with Crippen molar-refractivity contribution in [2.75, 3.05) is 13.2 Å². The standard InChI is InChI=1S/C20H18FNO4/c21-15-7-14-8-18(26-19(14)17(9-15)20(23)24)13-3-1-12(2-4-13)10-22-16-5-6-25-11-16/h1-4,7-9,16,22H,5-6,10-11H2,(H,23,24). The number of carboxylic acid groups (broad SMARTS) is 1. The number of fused-ring (bicyclic) bond motifs is 1. The molecule has 1 aliphatic rings. The third-order valence-corrected chi connectivity index (χ3v) is 4.57. The van der Waals surface area contributed by atoms with Crippen molar-refractivity contribution in [2.24, 2.45) is 0 Å². The Morgan fingerprint density at radius 3 is 2.73 bits per heavy atom. The largest absolute Gasteiger partial charge is 0.478 e. The maximum absolute atomic E-state index is 13.6. The number of ether oxygens (including phenoxy) is 1. The van der Waals surface area contributed by atoms with Gasteiger partial charge < -0.3 is 19.6 Å². The number of carboxylic acids is 1. The molecule has 3 aromatic rings. The van der Waals surface area contributed by atoms with Crippen LogP contribution < -0.4 is 5.32 Å². The summed E-state index contributed by atoms with van der Waals surface area (Å²) in [5.74, 6) is -1.30. The van der Waals surface area contributed by atoms with Crippen LogP contribution >= 0.6 is 0 Å². The summed E-state index contributed by atoms with van der Waals surface area (Å²) in [4.78, 5) is 11.3. The van der Waals surface area contributed by atoms with Crippen LogP contribution in [0.25, 0.3) is 22.3 Å². The fourth-order valence-corrected chi connectivity index (χ4v) is 3.16. The maximum atomic E-state index is 13.6. The van der Waals surface area contributed by atoms with Crippen molar-refractivity contribution in [3.8, 4) is 11.3 Å². The second-order valence-corrected chi connectivity index (χ2v) is 6.43. The highest BCUT2D eigenvalue weighted by atomic mass is 19.1. The lowest BCUT2D eigenvalue weighted by molar-refractivity contribution is 0.0697. The number of nitrogens with one attached hydrogen (secondary N) is 1. The number of hydrogen-bond acceptors (Lipinski definition) is 4. The molecule has 26 heavy (non-hydrogen) atoms. The van der Waals surface area contributed by atoms with E-state index in [0.29, 0.717) is 17.2 Å². The van der Waals surface area contributed by atoms with E-state index in [4.69, 9.17) is 9.15 Å². The molecule has 0 saturated carbocycles. The Morgan fingerprint density at radius 2 is 2.04 bits per heavy atom. The average Bonchev–Trinajstić information content (AvgIpc) is 3.29. The summed E-state index contributed by atoms with van der Waals surface area (Å²) < 4.78 is 24.7. The molecule has 0 bridgehead atoms. The average molecular weight is 355 g/mol. The van der Waals surface area contributed by atoms with Crippen molar-refractivity contribution in [1.82, 2.24) is 5.32 Å². The van der Waals surface area contributed by atoms with Gasteiger partial charge in [-0.15, -0.1) is 0 Å². The minimum absolute atomic E-state index is 0.175. The van der Waals surface area contributed by atoms with Crippen molar-refractivity contribution in [3.63, 3.8) is 0 Å². The molecule has 1 atom stereocenters. The van der Waals surface area contributed by atoms with Gasteiger partial charge in [0.25, 0.3) is 0 Å². The molecule has 1 unspecified atom stereocenters. The fourth-order valence-electron chi connectivity index (χ4n) is 3.16. The van der Waals surface area contributed by atoms with Gasteiger partial charge in [0.15, 0.2) is 0 Å². The lowest BCUT2D eigenvalue weighted by atomic mass is 10.1. The summed E-state index contributed by atoms with van der Waals surface area (Å²) in [6, 6.07) is 12.1. The van der Waals surface area contributed by atoms with Crippen molar-refractivity contribution in [3.05, 3.63) is 59.4 Å². The molecular weight excluding hydrogens is 337 g/mol. The predicted molar refractivity (Wildman–Crippen MR) is 94.6 cm³/mol. The molecule has 0 radical (unpaired) electrons. The summed E-state index contributed by atoms with van der Waals surface area (Å²) >= 11 is 0. The zero-order chi connectivity index (χ0) is 18.1. The van der Waals surface area contributed by atoms with E-state index in [9.17, 15) is 14.3 Å². The molecule has 5 nitrogen and oxygen atoms in total. The normalized spacial score (nSPS) is 17.0. The van der Waals surface area contributed by atoms with Gasteiger partial charge >= 0.3 is 5.97 Å². The maximum Gasteiger partial charge on any atom is 0.339 e. The molecule has 4 rings (SSSR count). The number of furan rings is 1. The number of carbonyl (C=O) groups is 1. The second kappa shape index (κ2) is 6.90. The number of halogens is 1. The highest BCUT2D eigenvalue weighted by Crippen LogP contribution is 2.31. The zero-order valence-electron chi connectivity index (χ0n) is 14.0. The summed E-state index contributed by atoms with van der Waals surface area (Å²) in [5, 5.41) is 13.1. The Balaban J connectivity index is 1.57. The molecule has 6 heteroatoms. The van der Waals surface area contributed by atoms with Gasteiger partial charge in [0, 0.05) is 30.1 Å². The minimum atomic E-state index is -1.22. The van der Waals surface area contributed by atoms with Gasteiger partial charge in [0.05, 0.1) is 6.61 Å². The van der Waals surface area contributed by atoms with E-state index < -0.39 is 11.8 Å². The van der Waals surface area contributed by atoms with E-state index >= 15 is 0 Å². The van der Waals surface area contributed by atoms with Crippen molar-refractivity contribution < 1.29 is 23.4 Å².